The Kier molecular flexibility index (Phi) is 2.80. The number of benzene rings is 1. The summed E-state index contributed by atoms with van der Waals surface area (Å²) in [4.78, 5) is 1.32. The molecule has 0 aliphatic carbocycles. The molecule has 0 unspecified atom stereocenters. The topological polar surface area (TPSA) is 20.2 Å². The largest absolute Gasteiger partial charge is 0.508 e. The van der Waals surface area contributed by atoms with Gasteiger partial charge in [-0.2, -0.15) is 0 Å². The minimum Gasteiger partial charge on any atom is -0.508 e. The molecule has 0 aliphatic heterocycles. The molecule has 1 aromatic carbocycles. The highest BCUT2D eigenvalue weighted by Gasteiger charge is 2.08. The highest BCUT2D eigenvalue weighted by atomic mass is 127. The second kappa shape index (κ2) is 3.74. The Morgan fingerprint density at radius 1 is 1.46 bits per heavy atom. The van der Waals surface area contributed by atoms with Gasteiger partial charge in [-0.15, -0.1) is 11.3 Å². The van der Waals surface area contributed by atoms with Gasteiger partial charge in [-0.3, -0.25) is 0 Å². The van der Waals surface area contributed by atoms with Gasteiger partial charge >= 0.3 is 0 Å². The molecular formula is C9H6BrIOS. The number of phenolic OH excluding ortho intramolecular Hbond substituents is 1. The summed E-state index contributed by atoms with van der Waals surface area (Å²) in [5.41, 5.74) is 0. The van der Waals surface area contributed by atoms with Crippen molar-refractivity contribution in [2.45, 2.75) is 5.33 Å². The van der Waals surface area contributed by atoms with E-state index >= 15 is 0 Å². The van der Waals surface area contributed by atoms with Crippen molar-refractivity contribution in [1.82, 2.24) is 0 Å². The fourth-order valence-corrected chi connectivity index (χ4v) is 4.49. The van der Waals surface area contributed by atoms with E-state index in [2.05, 4.69) is 38.5 Å². The lowest BCUT2D eigenvalue weighted by molar-refractivity contribution is 0.476. The number of phenols is 1. The molecule has 2 aromatic rings. The Labute approximate surface area is 102 Å². The average Bonchev–Trinajstić information content (AvgIpc) is 2.42. The predicted octanol–water partition coefficient (Wildman–Crippen LogP) is 4.11. The summed E-state index contributed by atoms with van der Waals surface area (Å²) in [6, 6.07) is 5.51. The third kappa shape index (κ3) is 1.71. The summed E-state index contributed by atoms with van der Waals surface area (Å²) in [7, 11) is 0. The van der Waals surface area contributed by atoms with Crippen molar-refractivity contribution in [3.8, 4) is 5.75 Å². The Bertz CT molecular complexity index is 452. The first kappa shape index (κ1) is 9.73. The molecule has 0 amide bonds. The summed E-state index contributed by atoms with van der Waals surface area (Å²) in [5, 5.41) is 11.4. The first-order chi connectivity index (χ1) is 6.22. The van der Waals surface area contributed by atoms with E-state index in [1.165, 1.54) is 13.8 Å². The summed E-state index contributed by atoms with van der Waals surface area (Å²) < 4.78 is 2.44. The van der Waals surface area contributed by atoms with Crippen LogP contribution in [-0.4, -0.2) is 5.11 Å². The van der Waals surface area contributed by atoms with Crippen LogP contribution in [-0.2, 0) is 5.33 Å². The van der Waals surface area contributed by atoms with Gasteiger partial charge in [-0.1, -0.05) is 15.9 Å². The standard InChI is InChI=1S/C9H6BrIOS/c10-4-8-9(11)6-2-1-5(12)3-7(6)13-8/h1-3,12H,4H2. The zero-order valence-electron chi connectivity index (χ0n) is 6.55. The van der Waals surface area contributed by atoms with Crippen molar-refractivity contribution in [3.63, 3.8) is 0 Å². The first-order valence-electron chi connectivity index (χ1n) is 3.68. The number of aromatic hydroxyl groups is 1. The van der Waals surface area contributed by atoms with Crippen LogP contribution in [0, 0.1) is 3.57 Å². The zero-order chi connectivity index (χ0) is 9.42. The van der Waals surface area contributed by atoms with E-state index in [9.17, 15) is 5.11 Å². The van der Waals surface area contributed by atoms with Gasteiger partial charge in [0.05, 0.1) is 0 Å². The van der Waals surface area contributed by atoms with Gasteiger partial charge < -0.3 is 5.11 Å². The van der Waals surface area contributed by atoms with Crippen LogP contribution in [0.4, 0.5) is 0 Å². The van der Waals surface area contributed by atoms with E-state index in [-0.39, 0.29) is 0 Å². The van der Waals surface area contributed by atoms with E-state index in [1.54, 1.807) is 17.4 Å². The van der Waals surface area contributed by atoms with Crippen molar-refractivity contribution >= 4 is 59.9 Å². The van der Waals surface area contributed by atoms with E-state index in [1.807, 2.05) is 12.1 Å². The van der Waals surface area contributed by atoms with Crippen LogP contribution in [0.1, 0.15) is 4.88 Å². The van der Waals surface area contributed by atoms with Crippen molar-refractivity contribution in [3.05, 3.63) is 26.6 Å². The fourth-order valence-electron chi connectivity index (χ4n) is 1.19. The summed E-state index contributed by atoms with van der Waals surface area (Å²) in [6.45, 7) is 0. The van der Waals surface area contributed by atoms with E-state index in [0.29, 0.717) is 5.75 Å². The number of alkyl halides is 1. The van der Waals surface area contributed by atoms with Gasteiger partial charge in [0.2, 0.25) is 0 Å². The molecule has 0 bridgehead atoms. The lowest BCUT2D eigenvalue weighted by atomic mass is 10.2. The van der Waals surface area contributed by atoms with Crippen molar-refractivity contribution in [2.24, 2.45) is 0 Å². The van der Waals surface area contributed by atoms with Gasteiger partial charge in [-0.05, 0) is 40.8 Å². The zero-order valence-corrected chi connectivity index (χ0v) is 11.1. The average molecular weight is 369 g/mol. The van der Waals surface area contributed by atoms with Gasteiger partial charge in [0.1, 0.15) is 5.75 Å². The summed E-state index contributed by atoms with van der Waals surface area (Å²) in [6.07, 6.45) is 0. The molecule has 0 saturated heterocycles. The van der Waals surface area contributed by atoms with Crippen LogP contribution in [0.15, 0.2) is 18.2 Å². The molecule has 0 saturated carbocycles. The van der Waals surface area contributed by atoms with Crippen LogP contribution in [0.25, 0.3) is 10.1 Å². The van der Waals surface area contributed by atoms with Crippen molar-refractivity contribution in [1.29, 1.82) is 0 Å². The molecular weight excluding hydrogens is 363 g/mol. The number of hydrogen-bond donors (Lipinski definition) is 1. The highest BCUT2D eigenvalue weighted by Crippen LogP contribution is 2.35. The third-order valence-corrected chi connectivity index (χ3v) is 5.48. The van der Waals surface area contributed by atoms with Crippen LogP contribution < -0.4 is 0 Å². The van der Waals surface area contributed by atoms with Gasteiger partial charge in [0, 0.05) is 23.9 Å². The lowest BCUT2D eigenvalue weighted by Gasteiger charge is -1.91. The number of rotatable bonds is 1. The van der Waals surface area contributed by atoms with Crippen LogP contribution in [0.3, 0.4) is 0 Å². The molecule has 0 atom stereocenters. The normalized spacial score (nSPS) is 10.9. The van der Waals surface area contributed by atoms with E-state index < -0.39 is 0 Å². The molecule has 0 fully saturated rings. The summed E-state index contributed by atoms with van der Waals surface area (Å²) in [5.74, 6) is 0.339. The van der Waals surface area contributed by atoms with Crippen LogP contribution >= 0.6 is 49.9 Å². The SMILES string of the molecule is Oc1ccc2c(I)c(CBr)sc2c1. The molecule has 1 aromatic heterocycles. The van der Waals surface area contributed by atoms with E-state index in [0.717, 1.165) is 10.0 Å². The van der Waals surface area contributed by atoms with Crippen LogP contribution in [0.2, 0.25) is 0 Å². The Hall–Kier alpha value is 0.190. The molecule has 4 heteroatoms. The smallest absolute Gasteiger partial charge is 0.117 e. The quantitative estimate of drug-likeness (QED) is 0.593. The number of thiophene rings is 1. The Morgan fingerprint density at radius 2 is 2.23 bits per heavy atom. The minimum atomic E-state index is 0.339. The Morgan fingerprint density at radius 3 is 2.92 bits per heavy atom. The summed E-state index contributed by atoms with van der Waals surface area (Å²) >= 11 is 7.52. The second-order valence-electron chi connectivity index (χ2n) is 2.65. The second-order valence-corrected chi connectivity index (χ2v) is 5.43. The van der Waals surface area contributed by atoms with Gasteiger partial charge in [-0.25, -0.2) is 0 Å². The number of hydrogen-bond acceptors (Lipinski definition) is 2. The molecule has 68 valence electrons. The molecule has 1 N–H and O–H groups in total. The number of fused-ring (bicyclic) bond motifs is 1. The minimum absolute atomic E-state index is 0.339. The molecule has 13 heavy (non-hydrogen) atoms. The van der Waals surface area contributed by atoms with E-state index in [4.69, 9.17) is 0 Å². The molecule has 1 heterocycles. The van der Waals surface area contributed by atoms with Gasteiger partial charge in [0.15, 0.2) is 0 Å². The molecule has 1 nitrogen and oxygen atoms in total. The molecule has 2 rings (SSSR count). The molecule has 0 aliphatic rings. The molecule has 0 radical (unpaired) electrons. The maximum Gasteiger partial charge on any atom is 0.117 e. The maximum atomic E-state index is 9.30. The Balaban J connectivity index is 2.76. The number of halogens is 2. The fraction of sp³-hybridized carbons (Fsp3) is 0.111. The maximum absolute atomic E-state index is 9.30. The third-order valence-electron chi connectivity index (χ3n) is 1.80. The van der Waals surface area contributed by atoms with Crippen LogP contribution in [0.5, 0.6) is 5.75 Å². The lowest BCUT2D eigenvalue weighted by Crippen LogP contribution is -1.72. The highest BCUT2D eigenvalue weighted by molar-refractivity contribution is 14.1. The first-order valence-corrected chi connectivity index (χ1v) is 6.70. The van der Waals surface area contributed by atoms with Crippen molar-refractivity contribution in [2.75, 3.05) is 0 Å². The monoisotopic (exact) mass is 368 g/mol. The molecule has 0 spiro atoms. The predicted molar refractivity (Wildman–Crippen MR) is 68.8 cm³/mol. The van der Waals surface area contributed by atoms with Crippen molar-refractivity contribution < 1.29 is 5.11 Å². The van der Waals surface area contributed by atoms with Gasteiger partial charge in [0.25, 0.3) is 0 Å².